The van der Waals surface area contributed by atoms with Crippen LogP contribution in [0, 0.1) is 0 Å². The van der Waals surface area contributed by atoms with E-state index in [4.69, 9.17) is 5.73 Å². The molecule has 0 spiro atoms. The number of hydrogen-bond acceptors (Lipinski definition) is 4. The molecule has 3 N–H and O–H groups in total. The standard InChI is InChI=1S/C13H19BrN2O3S/c1-9(10-5-3-4-6-11(10)14)16-13(17)12(15)7-8-20(2,18)19/h3-6,9,12H,7-8,15H2,1-2H3,(H,16,17). The van der Waals surface area contributed by atoms with Crippen molar-refractivity contribution in [2.24, 2.45) is 5.73 Å². The average molecular weight is 363 g/mol. The Hall–Kier alpha value is -0.920. The molecule has 112 valence electrons. The van der Waals surface area contributed by atoms with Crippen molar-refractivity contribution < 1.29 is 13.2 Å². The van der Waals surface area contributed by atoms with E-state index < -0.39 is 15.9 Å². The number of hydrogen-bond donors (Lipinski definition) is 2. The Kier molecular flexibility index (Phi) is 6.16. The summed E-state index contributed by atoms with van der Waals surface area (Å²) in [5.41, 5.74) is 6.64. The Labute approximate surface area is 128 Å². The second kappa shape index (κ2) is 7.19. The SMILES string of the molecule is CC(NC(=O)C(N)CCS(C)(=O)=O)c1ccccc1Br. The smallest absolute Gasteiger partial charge is 0.237 e. The highest BCUT2D eigenvalue weighted by atomic mass is 79.9. The first-order chi connectivity index (χ1) is 9.20. The molecule has 0 heterocycles. The lowest BCUT2D eigenvalue weighted by molar-refractivity contribution is -0.123. The summed E-state index contributed by atoms with van der Waals surface area (Å²) in [6.45, 7) is 1.85. The first-order valence-corrected chi connectivity index (χ1v) is 9.04. The zero-order chi connectivity index (χ0) is 15.3. The van der Waals surface area contributed by atoms with Gasteiger partial charge in [0.2, 0.25) is 5.91 Å². The molecule has 7 heteroatoms. The zero-order valence-electron chi connectivity index (χ0n) is 11.5. The molecular weight excluding hydrogens is 344 g/mol. The molecule has 0 saturated heterocycles. The highest BCUT2D eigenvalue weighted by Crippen LogP contribution is 2.22. The predicted octanol–water partition coefficient (Wildman–Crippen LogP) is 1.39. The number of carbonyl (C=O) groups excluding carboxylic acids is 1. The van der Waals surface area contributed by atoms with Gasteiger partial charge in [0.05, 0.1) is 17.8 Å². The van der Waals surface area contributed by atoms with E-state index in [0.29, 0.717) is 0 Å². The normalized spacial score (nSPS) is 14.6. The maximum absolute atomic E-state index is 11.9. The van der Waals surface area contributed by atoms with Crippen molar-refractivity contribution in [1.82, 2.24) is 5.32 Å². The van der Waals surface area contributed by atoms with Gasteiger partial charge < -0.3 is 11.1 Å². The molecule has 2 atom stereocenters. The summed E-state index contributed by atoms with van der Waals surface area (Å²) >= 11 is 3.42. The summed E-state index contributed by atoms with van der Waals surface area (Å²) in [7, 11) is -3.11. The van der Waals surface area contributed by atoms with Crippen LogP contribution in [0.25, 0.3) is 0 Å². The topological polar surface area (TPSA) is 89.3 Å². The van der Waals surface area contributed by atoms with Crippen LogP contribution in [0.3, 0.4) is 0 Å². The van der Waals surface area contributed by atoms with Gasteiger partial charge in [-0.05, 0) is 25.0 Å². The number of nitrogens with one attached hydrogen (secondary N) is 1. The first-order valence-electron chi connectivity index (χ1n) is 6.19. The van der Waals surface area contributed by atoms with Crippen molar-refractivity contribution in [3.05, 3.63) is 34.3 Å². The summed E-state index contributed by atoms with van der Waals surface area (Å²) in [6.07, 6.45) is 1.24. The van der Waals surface area contributed by atoms with Crippen molar-refractivity contribution in [3.63, 3.8) is 0 Å². The summed E-state index contributed by atoms with van der Waals surface area (Å²) in [5, 5.41) is 2.78. The van der Waals surface area contributed by atoms with E-state index in [1.165, 1.54) is 0 Å². The van der Waals surface area contributed by atoms with Crippen LogP contribution in [0.4, 0.5) is 0 Å². The van der Waals surface area contributed by atoms with Crippen LogP contribution in [0.2, 0.25) is 0 Å². The van der Waals surface area contributed by atoms with Gasteiger partial charge in [0.25, 0.3) is 0 Å². The van der Waals surface area contributed by atoms with E-state index >= 15 is 0 Å². The lowest BCUT2D eigenvalue weighted by Crippen LogP contribution is -2.42. The molecular formula is C13H19BrN2O3S. The van der Waals surface area contributed by atoms with Crippen molar-refractivity contribution in [2.45, 2.75) is 25.4 Å². The van der Waals surface area contributed by atoms with E-state index in [9.17, 15) is 13.2 Å². The van der Waals surface area contributed by atoms with E-state index in [1.807, 2.05) is 31.2 Å². The molecule has 1 aromatic carbocycles. The number of sulfone groups is 1. The highest BCUT2D eigenvalue weighted by Gasteiger charge is 2.19. The fourth-order valence-corrected chi connectivity index (χ4v) is 3.01. The summed E-state index contributed by atoms with van der Waals surface area (Å²) in [5.74, 6) is -0.442. The fraction of sp³-hybridized carbons (Fsp3) is 0.462. The molecule has 0 radical (unpaired) electrons. The third kappa shape index (κ3) is 5.60. The van der Waals surface area contributed by atoms with Gasteiger partial charge in [-0.1, -0.05) is 34.1 Å². The molecule has 1 aromatic rings. The number of amides is 1. The molecule has 5 nitrogen and oxygen atoms in total. The zero-order valence-corrected chi connectivity index (χ0v) is 13.9. The molecule has 0 aliphatic carbocycles. The number of rotatable bonds is 6. The van der Waals surface area contributed by atoms with Crippen LogP contribution >= 0.6 is 15.9 Å². The Morgan fingerprint density at radius 2 is 2.00 bits per heavy atom. The maximum atomic E-state index is 11.9. The van der Waals surface area contributed by atoms with Gasteiger partial charge in [0.1, 0.15) is 9.84 Å². The molecule has 1 amide bonds. The van der Waals surface area contributed by atoms with Crippen LogP contribution in [0.5, 0.6) is 0 Å². The van der Waals surface area contributed by atoms with Crippen LogP contribution in [-0.4, -0.2) is 32.4 Å². The Morgan fingerprint density at radius 1 is 1.40 bits per heavy atom. The van der Waals surface area contributed by atoms with Gasteiger partial charge in [-0.3, -0.25) is 4.79 Å². The van der Waals surface area contributed by atoms with Crippen molar-refractivity contribution in [2.75, 3.05) is 12.0 Å². The van der Waals surface area contributed by atoms with Crippen molar-refractivity contribution in [3.8, 4) is 0 Å². The molecule has 0 aliphatic heterocycles. The fourth-order valence-electron chi connectivity index (χ4n) is 1.70. The van der Waals surface area contributed by atoms with E-state index in [-0.39, 0.29) is 24.1 Å². The van der Waals surface area contributed by atoms with Crippen LogP contribution in [0.15, 0.2) is 28.7 Å². The molecule has 0 aromatic heterocycles. The van der Waals surface area contributed by atoms with Gasteiger partial charge in [0.15, 0.2) is 0 Å². The van der Waals surface area contributed by atoms with Crippen molar-refractivity contribution >= 4 is 31.7 Å². The van der Waals surface area contributed by atoms with E-state index in [2.05, 4.69) is 21.2 Å². The molecule has 0 aliphatic rings. The number of carbonyl (C=O) groups is 1. The summed E-state index contributed by atoms with van der Waals surface area (Å²) in [6, 6.07) is 6.53. The molecule has 0 saturated carbocycles. The van der Waals surface area contributed by atoms with Crippen LogP contribution < -0.4 is 11.1 Å². The van der Waals surface area contributed by atoms with Crippen LogP contribution in [-0.2, 0) is 14.6 Å². The second-order valence-corrected chi connectivity index (χ2v) is 7.89. The lowest BCUT2D eigenvalue weighted by Gasteiger charge is -2.18. The van der Waals surface area contributed by atoms with Gasteiger partial charge in [-0.25, -0.2) is 8.42 Å². The molecule has 20 heavy (non-hydrogen) atoms. The highest BCUT2D eigenvalue weighted by molar-refractivity contribution is 9.10. The third-order valence-corrected chi connectivity index (χ3v) is 4.57. The van der Waals surface area contributed by atoms with Gasteiger partial charge >= 0.3 is 0 Å². The monoisotopic (exact) mass is 362 g/mol. The van der Waals surface area contributed by atoms with Gasteiger partial charge in [-0.15, -0.1) is 0 Å². The number of nitrogens with two attached hydrogens (primary N) is 1. The van der Waals surface area contributed by atoms with Gasteiger partial charge in [-0.2, -0.15) is 0 Å². The Morgan fingerprint density at radius 3 is 2.55 bits per heavy atom. The summed E-state index contributed by atoms with van der Waals surface area (Å²) < 4.78 is 23.0. The maximum Gasteiger partial charge on any atom is 0.237 e. The molecule has 1 rings (SSSR count). The Balaban J connectivity index is 2.60. The number of halogens is 1. The first kappa shape index (κ1) is 17.1. The van der Waals surface area contributed by atoms with E-state index in [1.54, 1.807) is 0 Å². The molecule has 0 fully saturated rings. The van der Waals surface area contributed by atoms with E-state index in [0.717, 1.165) is 16.3 Å². The largest absolute Gasteiger partial charge is 0.348 e. The lowest BCUT2D eigenvalue weighted by atomic mass is 10.1. The minimum Gasteiger partial charge on any atom is -0.348 e. The minimum absolute atomic E-state index is 0.0923. The number of benzene rings is 1. The van der Waals surface area contributed by atoms with Gasteiger partial charge in [0, 0.05) is 10.7 Å². The van der Waals surface area contributed by atoms with Crippen LogP contribution in [0.1, 0.15) is 24.9 Å². The molecule has 2 unspecified atom stereocenters. The molecule has 0 bridgehead atoms. The average Bonchev–Trinajstić information content (AvgIpc) is 2.35. The minimum atomic E-state index is -3.11. The second-order valence-electron chi connectivity index (χ2n) is 4.78. The van der Waals surface area contributed by atoms with Crippen molar-refractivity contribution in [1.29, 1.82) is 0 Å². The third-order valence-electron chi connectivity index (χ3n) is 2.87. The Bertz CT molecular complexity index is 575. The summed E-state index contributed by atoms with van der Waals surface area (Å²) in [4.78, 5) is 11.9. The quantitative estimate of drug-likeness (QED) is 0.799. The predicted molar refractivity (Wildman–Crippen MR) is 83.0 cm³/mol.